The number of carbonyl (C=O) groups is 3. The van der Waals surface area contributed by atoms with Gasteiger partial charge in [0.15, 0.2) is 0 Å². The second kappa shape index (κ2) is 8.57. The Hall–Kier alpha value is -3.30. The third-order valence-corrected chi connectivity index (χ3v) is 7.51. The predicted octanol–water partition coefficient (Wildman–Crippen LogP) is 2.97. The smallest absolute Gasteiger partial charge is 0.318 e. The zero-order valence-corrected chi connectivity index (χ0v) is 19.1. The van der Waals surface area contributed by atoms with E-state index in [1.54, 1.807) is 42.5 Å². The van der Waals surface area contributed by atoms with Crippen LogP contribution in [0.15, 0.2) is 54.6 Å². The van der Waals surface area contributed by atoms with Crippen LogP contribution in [0, 0.1) is 0 Å². The number of hydrazine groups is 1. The molecule has 2 aliphatic rings. The summed E-state index contributed by atoms with van der Waals surface area (Å²) in [6.45, 7) is 3.26. The van der Waals surface area contributed by atoms with Gasteiger partial charge in [0.2, 0.25) is 0 Å². The van der Waals surface area contributed by atoms with Crippen LogP contribution in [0.5, 0.6) is 0 Å². The van der Waals surface area contributed by atoms with Gasteiger partial charge in [-0.05, 0) is 44.0 Å². The van der Waals surface area contributed by atoms with E-state index < -0.39 is 17.5 Å². The summed E-state index contributed by atoms with van der Waals surface area (Å²) in [5, 5.41) is 4.59. The molecule has 5 rings (SSSR count). The van der Waals surface area contributed by atoms with Crippen molar-refractivity contribution in [2.45, 2.75) is 31.2 Å². The molecular formula is C24H25N5O3S. The highest BCUT2D eigenvalue weighted by Crippen LogP contribution is 2.33. The molecule has 2 saturated heterocycles. The molecule has 2 N–H and O–H groups in total. The maximum atomic E-state index is 13.0. The van der Waals surface area contributed by atoms with Gasteiger partial charge >= 0.3 is 6.03 Å². The Balaban J connectivity index is 1.22. The molecule has 33 heavy (non-hydrogen) atoms. The second-order valence-electron chi connectivity index (χ2n) is 8.69. The largest absolute Gasteiger partial charge is 0.344 e. The SMILES string of the molecule is C[C@@]1(c2ccccc2)NC(=O)N(NC(=O)CN2CCC[C@@H](c3nc4ccccc4s3)C2)C1=O. The topological polar surface area (TPSA) is 94.6 Å². The van der Waals surface area contributed by atoms with Crippen molar-refractivity contribution in [2.75, 3.05) is 19.6 Å². The van der Waals surface area contributed by atoms with Crippen LogP contribution in [0.1, 0.15) is 36.3 Å². The normalized spacial score (nSPS) is 23.7. The number of piperidine rings is 1. The monoisotopic (exact) mass is 463 g/mol. The summed E-state index contributed by atoms with van der Waals surface area (Å²) in [6.07, 6.45) is 1.99. The van der Waals surface area contributed by atoms with Crippen molar-refractivity contribution < 1.29 is 14.4 Å². The number of thiazole rings is 1. The van der Waals surface area contributed by atoms with Crippen molar-refractivity contribution in [1.82, 2.24) is 25.6 Å². The molecule has 2 aromatic carbocycles. The van der Waals surface area contributed by atoms with E-state index in [-0.39, 0.29) is 18.4 Å². The van der Waals surface area contributed by atoms with Crippen LogP contribution in [-0.2, 0) is 15.1 Å². The van der Waals surface area contributed by atoms with Crippen LogP contribution in [-0.4, -0.2) is 52.4 Å². The lowest BCUT2D eigenvalue weighted by Crippen LogP contribution is -2.51. The predicted molar refractivity (Wildman–Crippen MR) is 125 cm³/mol. The lowest BCUT2D eigenvalue weighted by Gasteiger charge is -2.31. The summed E-state index contributed by atoms with van der Waals surface area (Å²) >= 11 is 1.70. The Morgan fingerprint density at radius 3 is 2.73 bits per heavy atom. The summed E-state index contributed by atoms with van der Waals surface area (Å²) in [5.41, 5.74) is 2.96. The minimum absolute atomic E-state index is 0.112. The second-order valence-corrected chi connectivity index (χ2v) is 9.75. The molecule has 0 saturated carbocycles. The molecule has 0 unspecified atom stereocenters. The Morgan fingerprint density at radius 1 is 1.18 bits per heavy atom. The third kappa shape index (κ3) is 4.09. The number of nitrogens with one attached hydrogen (secondary N) is 2. The van der Waals surface area contributed by atoms with Crippen molar-refractivity contribution in [3.05, 3.63) is 65.2 Å². The number of amides is 4. The molecule has 1 aromatic heterocycles. The van der Waals surface area contributed by atoms with Crippen LogP contribution in [0.2, 0.25) is 0 Å². The van der Waals surface area contributed by atoms with Gasteiger partial charge in [-0.1, -0.05) is 42.5 Å². The number of nitrogens with zero attached hydrogens (tertiary/aromatic N) is 3. The van der Waals surface area contributed by atoms with Gasteiger partial charge in [-0.25, -0.2) is 9.78 Å². The van der Waals surface area contributed by atoms with E-state index >= 15 is 0 Å². The van der Waals surface area contributed by atoms with E-state index in [0.717, 1.165) is 41.5 Å². The number of fused-ring (bicyclic) bond motifs is 1. The van der Waals surface area contributed by atoms with Crippen molar-refractivity contribution in [2.24, 2.45) is 0 Å². The first-order valence-corrected chi connectivity index (χ1v) is 11.9. The molecule has 4 amide bonds. The molecule has 0 spiro atoms. The first kappa shape index (κ1) is 21.5. The zero-order valence-electron chi connectivity index (χ0n) is 18.3. The van der Waals surface area contributed by atoms with Gasteiger partial charge < -0.3 is 5.32 Å². The zero-order chi connectivity index (χ0) is 23.0. The van der Waals surface area contributed by atoms with E-state index in [1.807, 2.05) is 24.3 Å². The number of likely N-dealkylation sites (tertiary alicyclic amines) is 1. The summed E-state index contributed by atoms with van der Waals surface area (Å²) < 4.78 is 1.17. The van der Waals surface area contributed by atoms with Gasteiger partial charge in [0.05, 0.1) is 21.8 Å². The maximum Gasteiger partial charge on any atom is 0.344 e. The number of rotatable bonds is 5. The number of aromatic nitrogens is 1. The molecule has 3 aromatic rings. The van der Waals surface area contributed by atoms with Crippen molar-refractivity contribution in [1.29, 1.82) is 0 Å². The van der Waals surface area contributed by atoms with Crippen molar-refractivity contribution in [3.63, 3.8) is 0 Å². The van der Waals surface area contributed by atoms with Crippen LogP contribution >= 0.6 is 11.3 Å². The quantitative estimate of drug-likeness (QED) is 0.568. The molecule has 2 aliphatic heterocycles. The molecule has 9 heteroatoms. The number of imide groups is 1. The minimum atomic E-state index is -1.21. The van der Waals surface area contributed by atoms with E-state index in [0.29, 0.717) is 5.56 Å². The highest BCUT2D eigenvalue weighted by molar-refractivity contribution is 7.18. The molecule has 170 valence electrons. The number of hydrogen-bond acceptors (Lipinski definition) is 6. The van der Waals surface area contributed by atoms with Gasteiger partial charge in [0.1, 0.15) is 5.54 Å². The van der Waals surface area contributed by atoms with Crippen molar-refractivity contribution in [3.8, 4) is 0 Å². The summed E-state index contributed by atoms with van der Waals surface area (Å²) in [5.74, 6) is -0.624. The highest BCUT2D eigenvalue weighted by atomic mass is 32.1. The Kier molecular flexibility index (Phi) is 5.59. The Morgan fingerprint density at radius 2 is 1.94 bits per heavy atom. The molecule has 0 radical (unpaired) electrons. The molecule has 8 nitrogen and oxygen atoms in total. The van der Waals surface area contributed by atoms with Gasteiger partial charge in [-0.15, -0.1) is 11.3 Å². The van der Waals surface area contributed by atoms with Crippen LogP contribution in [0.25, 0.3) is 10.2 Å². The molecule has 0 bridgehead atoms. The molecule has 2 fully saturated rings. The fourth-order valence-corrected chi connectivity index (χ4v) is 5.63. The molecule has 2 atom stereocenters. The third-order valence-electron chi connectivity index (χ3n) is 6.31. The van der Waals surface area contributed by atoms with E-state index in [2.05, 4.69) is 21.7 Å². The Bertz CT molecular complexity index is 1180. The summed E-state index contributed by atoms with van der Waals surface area (Å²) in [7, 11) is 0. The maximum absolute atomic E-state index is 13.0. The Labute approximate surface area is 195 Å². The average Bonchev–Trinajstić information content (AvgIpc) is 3.35. The number of para-hydroxylation sites is 1. The van der Waals surface area contributed by atoms with Gasteiger partial charge in [0, 0.05) is 12.5 Å². The first-order chi connectivity index (χ1) is 15.9. The number of hydrogen-bond donors (Lipinski definition) is 2. The summed E-state index contributed by atoms with van der Waals surface area (Å²) in [4.78, 5) is 45.1. The lowest BCUT2D eigenvalue weighted by atomic mass is 9.92. The molecular weight excluding hydrogens is 438 g/mol. The van der Waals surface area contributed by atoms with Gasteiger partial charge in [-0.2, -0.15) is 5.01 Å². The lowest BCUT2D eigenvalue weighted by molar-refractivity contribution is -0.139. The average molecular weight is 464 g/mol. The van der Waals surface area contributed by atoms with Gasteiger partial charge in [0.25, 0.3) is 11.8 Å². The minimum Gasteiger partial charge on any atom is -0.318 e. The van der Waals surface area contributed by atoms with Crippen LogP contribution in [0.4, 0.5) is 4.79 Å². The first-order valence-electron chi connectivity index (χ1n) is 11.0. The van der Waals surface area contributed by atoms with Crippen LogP contribution in [0.3, 0.4) is 0 Å². The van der Waals surface area contributed by atoms with Crippen LogP contribution < -0.4 is 10.7 Å². The summed E-state index contributed by atoms with van der Waals surface area (Å²) in [6, 6.07) is 16.5. The van der Waals surface area contributed by atoms with E-state index in [1.165, 1.54) is 4.70 Å². The molecule has 0 aliphatic carbocycles. The number of urea groups is 1. The van der Waals surface area contributed by atoms with Crippen molar-refractivity contribution >= 4 is 39.4 Å². The fraction of sp³-hybridized carbons (Fsp3) is 0.333. The van der Waals surface area contributed by atoms with Gasteiger partial charge in [-0.3, -0.25) is 19.9 Å². The number of benzene rings is 2. The van der Waals surface area contributed by atoms with E-state index in [9.17, 15) is 14.4 Å². The fourth-order valence-electron chi connectivity index (χ4n) is 4.54. The highest BCUT2D eigenvalue weighted by Gasteiger charge is 2.50. The van der Waals surface area contributed by atoms with E-state index in [4.69, 9.17) is 4.98 Å². The standard InChI is InChI=1S/C24H25N5O3S/c1-24(17-9-3-2-4-10-17)22(31)29(23(32)26-24)27-20(30)15-28-13-7-8-16(14-28)21-25-18-11-5-6-12-19(18)33-21/h2-6,9-12,16H,7-8,13-15H2,1H3,(H,26,32)(H,27,30)/t16-,24+/m1/s1. The molecule has 3 heterocycles. The number of carbonyl (C=O) groups excluding carboxylic acids is 3.